The van der Waals surface area contributed by atoms with Gasteiger partial charge in [-0.2, -0.15) is 4.98 Å². The summed E-state index contributed by atoms with van der Waals surface area (Å²) in [6.45, 7) is 1.05. The van der Waals surface area contributed by atoms with Gasteiger partial charge in [-0.15, -0.1) is 0 Å². The van der Waals surface area contributed by atoms with E-state index in [4.69, 9.17) is 26.6 Å². The second kappa shape index (κ2) is 4.68. The van der Waals surface area contributed by atoms with Crippen molar-refractivity contribution in [2.45, 2.75) is 12.0 Å². The predicted molar refractivity (Wildman–Crippen MR) is 66.3 cm³/mol. The van der Waals surface area contributed by atoms with E-state index in [9.17, 15) is 0 Å². The second-order valence-electron chi connectivity index (χ2n) is 4.27. The van der Waals surface area contributed by atoms with Crippen LogP contribution >= 0.6 is 11.6 Å². The Morgan fingerprint density at radius 1 is 1.33 bits per heavy atom. The SMILES string of the molecule is NC1COCC1c1nc(-c2cccc(Cl)c2)no1. The molecule has 2 aromatic rings. The fourth-order valence-electron chi connectivity index (χ4n) is 1.96. The lowest BCUT2D eigenvalue weighted by Gasteiger charge is -2.06. The number of halogens is 1. The molecule has 2 heterocycles. The summed E-state index contributed by atoms with van der Waals surface area (Å²) < 4.78 is 10.5. The van der Waals surface area contributed by atoms with Crippen molar-refractivity contribution >= 4 is 11.6 Å². The van der Waals surface area contributed by atoms with Gasteiger partial charge in [0.1, 0.15) is 0 Å². The van der Waals surface area contributed by atoms with Crippen LogP contribution in [0.1, 0.15) is 11.8 Å². The largest absolute Gasteiger partial charge is 0.379 e. The van der Waals surface area contributed by atoms with Crippen molar-refractivity contribution in [3.05, 3.63) is 35.2 Å². The summed E-state index contributed by atoms with van der Waals surface area (Å²) in [5, 5.41) is 4.59. The molecule has 0 bridgehead atoms. The number of hydrogen-bond donors (Lipinski definition) is 1. The highest BCUT2D eigenvalue weighted by Crippen LogP contribution is 2.26. The number of nitrogens with two attached hydrogens (primary N) is 1. The minimum Gasteiger partial charge on any atom is -0.379 e. The monoisotopic (exact) mass is 265 g/mol. The smallest absolute Gasteiger partial charge is 0.234 e. The molecule has 1 aliphatic heterocycles. The van der Waals surface area contributed by atoms with Crippen LogP contribution in [0.25, 0.3) is 11.4 Å². The summed E-state index contributed by atoms with van der Waals surface area (Å²) >= 11 is 5.93. The molecule has 0 saturated carbocycles. The van der Waals surface area contributed by atoms with Crippen LogP contribution in [-0.2, 0) is 4.74 Å². The molecule has 0 amide bonds. The van der Waals surface area contributed by atoms with Crippen molar-refractivity contribution in [1.82, 2.24) is 10.1 Å². The van der Waals surface area contributed by atoms with Gasteiger partial charge in [0.05, 0.1) is 19.1 Å². The lowest BCUT2D eigenvalue weighted by molar-refractivity contribution is 0.187. The Kier molecular flexibility index (Phi) is 3.03. The normalized spacial score (nSPS) is 23.4. The van der Waals surface area contributed by atoms with Crippen LogP contribution in [0.2, 0.25) is 5.02 Å². The van der Waals surface area contributed by atoms with Gasteiger partial charge in [0.15, 0.2) is 0 Å². The second-order valence-corrected chi connectivity index (χ2v) is 4.71. The molecule has 1 saturated heterocycles. The molecular weight excluding hydrogens is 254 g/mol. The first kappa shape index (κ1) is 11.6. The van der Waals surface area contributed by atoms with Gasteiger partial charge in [-0.05, 0) is 12.1 Å². The van der Waals surface area contributed by atoms with Crippen LogP contribution in [0.4, 0.5) is 0 Å². The molecule has 2 unspecified atom stereocenters. The van der Waals surface area contributed by atoms with Crippen LogP contribution in [0, 0.1) is 0 Å². The maximum absolute atomic E-state index is 5.93. The number of ether oxygens (including phenoxy) is 1. The summed E-state index contributed by atoms with van der Waals surface area (Å²) in [5.74, 6) is 1.02. The zero-order valence-electron chi connectivity index (χ0n) is 9.54. The molecular formula is C12H12ClN3O2. The predicted octanol–water partition coefficient (Wildman–Crippen LogP) is 1.83. The van der Waals surface area contributed by atoms with Gasteiger partial charge in [0, 0.05) is 16.6 Å². The standard InChI is InChI=1S/C12H12ClN3O2/c13-8-3-1-2-7(4-8)11-15-12(18-16-11)9-5-17-6-10(9)14/h1-4,9-10H,5-6,14H2. The van der Waals surface area contributed by atoms with Crippen LogP contribution in [-0.4, -0.2) is 29.4 Å². The molecule has 94 valence electrons. The molecule has 1 aliphatic rings. The van der Waals surface area contributed by atoms with Crippen molar-refractivity contribution in [3.63, 3.8) is 0 Å². The fraction of sp³-hybridized carbons (Fsp3) is 0.333. The van der Waals surface area contributed by atoms with Gasteiger partial charge in [0.2, 0.25) is 11.7 Å². The molecule has 0 radical (unpaired) electrons. The Labute approximate surface area is 109 Å². The van der Waals surface area contributed by atoms with Crippen LogP contribution in [0.3, 0.4) is 0 Å². The van der Waals surface area contributed by atoms with E-state index < -0.39 is 0 Å². The number of benzene rings is 1. The maximum Gasteiger partial charge on any atom is 0.234 e. The summed E-state index contributed by atoms with van der Waals surface area (Å²) in [4.78, 5) is 4.36. The third kappa shape index (κ3) is 2.12. The van der Waals surface area contributed by atoms with Gasteiger partial charge >= 0.3 is 0 Å². The van der Waals surface area contributed by atoms with Gasteiger partial charge in [-0.25, -0.2) is 0 Å². The Hall–Kier alpha value is -1.43. The van der Waals surface area contributed by atoms with Gasteiger partial charge in [-0.3, -0.25) is 0 Å². The van der Waals surface area contributed by atoms with Gasteiger partial charge in [-0.1, -0.05) is 28.9 Å². The number of hydrogen-bond acceptors (Lipinski definition) is 5. The summed E-state index contributed by atoms with van der Waals surface area (Å²) in [5.41, 5.74) is 6.73. The lowest BCUT2D eigenvalue weighted by atomic mass is 10.1. The number of rotatable bonds is 2. The topological polar surface area (TPSA) is 74.2 Å². The Morgan fingerprint density at radius 3 is 2.94 bits per heavy atom. The number of aromatic nitrogens is 2. The fourth-order valence-corrected chi connectivity index (χ4v) is 2.15. The van der Waals surface area contributed by atoms with Crippen LogP contribution < -0.4 is 5.73 Å². The van der Waals surface area contributed by atoms with E-state index in [2.05, 4.69) is 10.1 Å². The highest BCUT2D eigenvalue weighted by Gasteiger charge is 2.31. The van der Waals surface area contributed by atoms with Crippen LogP contribution in [0.5, 0.6) is 0 Å². The van der Waals surface area contributed by atoms with E-state index in [1.54, 1.807) is 12.1 Å². The summed E-state index contributed by atoms with van der Waals surface area (Å²) in [6.07, 6.45) is 0. The molecule has 6 heteroatoms. The van der Waals surface area contributed by atoms with E-state index in [0.717, 1.165) is 5.56 Å². The summed E-state index contributed by atoms with van der Waals surface area (Å²) in [7, 11) is 0. The first-order valence-electron chi connectivity index (χ1n) is 5.67. The molecule has 1 aromatic carbocycles. The van der Waals surface area contributed by atoms with E-state index in [0.29, 0.717) is 30.0 Å². The van der Waals surface area contributed by atoms with Crippen LogP contribution in [0.15, 0.2) is 28.8 Å². The number of nitrogens with zero attached hydrogens (tertiary/aromatic N) is 2. The highest BCUT2D eigenvalue weighted by atomic mass is 35.5. The van der Waals surface area contributed by atoms with E-state index in [1.807, 2.05) is 12.1 Å². The molecule has 3 rings (SSSR count). The van der Waals surface area contributed by atoms with Gasteiger partial charge in [0.25, 0.3) is 0 Å². The molecule has 18 heavy (non-hydrogen) atoms. The van der Waals surface area contributed by atoms with Gasteiger partial charge < -0.3 is 15.0 Å². The third-order valence-electron chi connectivity index (χ3n) is 2.97. The van der Waals surface area contributed by atoms with E-state index in [1.165, 1.54) is 0 Å². The average molecular weight is 266 g/mol. The zero-order chi connectivity index (χ0) is 12.5. The van der Waals surface area contributed by atoms with Crippen molar-refractivity contribution in [2.75, 3.05) is 13.2 Å². The van der Waals surface area contributed by atoms with Crippen molar-refractivity contribution < 1.29 is 9.26 Å². The Balaban J connectivity index is 1.89. The summed E-state index contributed by atoms with van der Waals surface area (Å²) in [6, 6.07) is 7.23. The van der Waals surface area contributed by atoms with Crippen molar-refractivity contribution in [3.8, 4) is 11.4 Å². The molecule has 2 N–H and O–H groups in total. The Morgan fingerprint density at radius 2 is 2.22 bits per heavy atom. The minimum absolute atomic E-state index is 0.0227. The maximum atomic E-state index is 5.93. The quantitative estimate of drug-likeness (QED) is 0.897. The molecule has 5 nitrogen and oxygen atoms in total. The zero-order valence-corrected chi connectivity index (χ0v) is 10.3. The first-order chi connectivity index (χ1) is 8.74. The molecule has 0 spiro atoms. The van der Waals surface area contributed by atoms with Crippen molar-refractivity contribution in [1.29, 1.82) is 0 Å². The molecule has 0 aliphatic carbocycles. The Bertz CT molecular complexity index is 558. The van der Waals surface area contributed by atoms with Crippen molar-refractivity contribution in [2.24, 2.45) is 5.73 Å². The highest BCUT2D eigenvalue weighted by molar-refractivity contribution is 6.30. The molecule has 1 fully saturated rings. The first-order valence-corrected chi connectivity index (χ1v) is 6.05. The van der Waals surface area contributed by atoms with E-state index >= 15 is 0 Å². The van der Waals surface area contributed by atoms with E-state index in [-0.39, 0.29) is 12.0 Å². The molecule has 1 aromatic heterocycles. The molecule has 2 atom stereocenters. The minimum atomic E-state index is -0.0855. The third-order valence-corrected chi connectivity index (χ3v) is 3.20. The lowest BCUT2D eigenvalue weighted by Crippen LogP contribution is -2.26. The average Bonchev–Trinajstić information content (AvgIpc) is 2.97.